The Labute approximate surface area is 141 Å². The highest BCUT2D eigenvalue weighted by Gasteiger charge is 2.10. The summed E-state index contributed by atoms with van der Waals surface area (Å²) in [5.41, 5.74) is 0. The molecule has 7 nitrogen and oxygen atoms in total. The molecule has 0 atom stereocenters. The molecular weight excluding hydrogens is 342 g/mol. The van der Waals surface area contributed by atoms with Crippen LogP contribution in [0, 0.1) is 0 Å². The molecule has 0 aromatic heterocycles. The van der Waals surface area contributed by atoms with E-state index in [9.17, 15) is 16.8 Å². The predicted octanol–water partition coefficient (Wildman–Crippen LogP) is 1.65. The second-order valence-electron chi connectivity index (χ2n) is 5.33. The number of rotatable bonds is 16. The molecule has 0 saturated heterocycles. The highest BCUT2D eigenvalue weighted by molar-refractivity contribution is 7.86. The van der Waals surface area contributed by atoms with E-state index in [1.54, 1.807) is 0 Å². The third-order valence-corrected chi connectivity index (χ3v) is 5.65. The molecule has 0 radical (unpaired) electrons. The fraction of sp³-hybridized carbons (Fsp3) is 1.00. The monoisotopic (exact) mass is 373 g/mol. The fourth-order valence-corrected chi connectivity index (χ4v) is 3.91. The Morgan fingerprint density at radius 3 is 1.43 bits per heavy atom. The van der Waals surface area contributed by atoms with E-state index in [1.807, 2.05) is 13.8 Å². The van der Waals surface area contributed by atoms with Gasteiger partial charge in [0.1, 0.15) is 0 Å². The van der Waals surface area contributed by atoms with Gasteiger partial charge in [-0.1, -0.05) is 26.7 Å². The van der Waals surface area contributed by atoms with Gasteiger partial charge in [-0.15, -0.1) is 0 Å². The number of unbranched alkanes of at least 4 members (excludes halogenated alkanes) is 2. The minimum Gasteiger partial charge on any atom is -0.317 e. The second-order valence-corrected chi connectivity index (χ2v) is 8.85. The Morgan fingerprint density at radius 2 is 1.09 bits per heavy atom. The second kappa shape index (κ2) is 13.1. The van der Waals surface area contributed by atoms with Gasteiger partial charge in [-0.05, 0) is 38.8 Å². The maximum Gasteiger partial charge on any atom is 0.267 e. The van der Waals surface area contributed by atoms with Gasteiger partial charge < -0.3 is 5.32 Å². The lowest BCUT2D eigenvalue weighted by atomic mass is 10.4. The first-order chi connectivity index (χ1) is 10.8. The van der Waals surface area contributed by atoms with Crippen molar-refractivity contribution in [2.24, 2.45) is 0 Å². The number of nitrogens with one attached hydrogen (secondary N) is 1. The summed E-state index contributed by atoms with van der Waals surface area (Å²) in [5.74, 6) is 0.140. The maximum absolute atomic E-state index is 11.4. The summed E-state index contributed by atoms with van der Waals surface area (Å²) >= 11 is 0. The molecule has 0 fully saturated rings. The van der Waals surface area contributed by atoms with Gasteiger partial charge in [-0.2, -0.15) is 16.8 Å². The summed E-state index contributed by atoms with van der Waals surface area (Å²) in [4.78, 5) is 0. The van der Waals surface area contributed by atoms with Gasteiger partial charge in [-0.25, -0.2) is 0 Å². The van der Waals surface area contributed by atoms with Crippen LogP contribution in [0.4, 0.5) is 0 Å². The molecule has 0 unspecified atom stereocenters. The first-order valence-electron chi connectivity index (χ1n) is 8.28. The minimum atomic E-state index is -3.38. The van der Waals surface area contributed by atoms with Gasteiger partial charge >= 0.3 is 0 Å². The Bertz CT molecular complexity index is 431. The van der Waals surface area contributed by atoms with Crippen molar-refractivity contribution in [2.75, 3.05) is 37.8 Å². The molecular formula is C14H31NO6S2. The van der Waals surface area contributed by atoms with Gasteiger partial charge in [0.25, 0.3) is 20.2 Å². The first kappa shape index (κ1) is 22.8. The SMILES string of the molecule is CCCCS(=O)(=O)OCCCNCCCOS(=O)(=O)CCCC. The van der Waals surface area contributed by atoms with Gasteiger partial charge in [-0.3, -0.25) is 8.37 Å². The summed E-state index contributed by atoms with van der Waals surface area (Å²) in [7, 11) is -6.77. The highest BCUT2D eigenvalue weighted by atomic mass is 32.2. The van der Waals surface area contributed by atoms with Crippen molar-refractivity contribution in [2.45, 2.75) is 52.4 Å². The van der Waals surface area contributed by atoms with Crippen LogP contribution in [0.15, 0.2) is 0 Å². The Kier molecular flexibility index (Phi) is 13.0. The van der Waals surface area contributed by atoms with E-state index in [0.29, 0.717) is 38.8 Å². The van der Waals surface area contributed by atoms with E-state index in [4.69, 9.17) is 8.37 Å². The summed E-state index contributed by atoms with van der Waals surface area (Å²) in [5, 5.41) is 3.09. The molecule has 140 valence electrons. The van der Waals surface area contributed by atoms with Crippen LogP contribution in [0.25, 0.3) is 0 Å². The molecule has 9 heteroatoms. The van der Waals surface area contributed by atoms with Crippen LogP contribution in [-0.2, 0) is 28.6 Å². The average Bonchev–Trinajstić information content (AvgIpc) is 2.49. The fourth-order valence-electron chi connectivity index (χ4n) is 1.65. The van der Waals surface area contributed by atoms with E-state index < -0.39 is 20.2 Å². The lowest BCUT2D eigenvalue weighted by Crippen LogP contribution is -2.21. The molecule has 0 spiro atoms. The molecule has 0 bridgehead atoms. The van der Waals surface area contributed by atoms with Crippen LogP contribution >= 0.6 is 0 Å². The standard InChI is InChI=1S/C14H31NO6S2/c1-3-5-13-22(16,17)20-11-7-9-15-10-8-12-21-23(18,19)14-6-4-2/h15H,3-14H2,1-2H3. The van der Waals surface area contributed by atoms with Crippen LogP contribution in [0.1, 0.15) is 52.4 Å². The van der Waals surface area contributed by atoms with E-state index in [-0.39, 0.29) is 24.7 Å². The number of hydrogen-bond acceptors (Lipinski definition) is 7. The largest absolute Gasteiger partial charge is 0.317 e. The minimum absolute atomic E-state index is 0.0702. The van der Waals surface area contributed by atoms with Crippen LogP contribution in [0.5, 0.6) is 0 Å². The van der Waals surface area contributed by atoms with Crippen LogP contribution in [0.2, 0.25) is 0 Å². The predicted molar refractivity (Wildman–Crippen MR) is 91.4 cm³/mol. The molecule has 0 aromatic rings. The van der Waals surface area contributed by atoms with E-state index in [2.05, 4.69) is 5.32 Å². The summed E-state index contributed by atoms with van der Waals surface area (Å²) in [6.45, 7) is 5.43. The highest BCUT2D eigenvalue weighted by Crippen LogP contribution is 2.00. The molecule has 0 aliphatic carbocycles. The molecule has 0 heterocycles. The Morgan fingerprint density at radius 1 is 0.696 bits per heavy atom. The molecule has 1 N–H and O–H groups in total. The van der Waals surface area contributed by atoms with E-state index in [0.717, 1.165) is 12.8 Å². The summed E-state index contributed by atoms with van der Waals surface area (Å²) < 4.78 is 55.4. The quantitative estimate of drug-likeness (QED) is 0.324. The van der Waals surface area contributed by atoms with Crippen LogP contribution in [0.3, 0.4) is 0 Å². The van der Waals surface area contributed by atoms with Gasteiger partial charge in [0.2, 0.25) is 0 Å². The van der Waals surface area contributed by atoms with Crippen molar-refractivity contribution in [3.63, 3.8) is 0 Å². The van der Waals surface area contributed by atoms with Crippen molar-refractivity contribution in [1.82, 2.24) is 5.32 Å². The average molecular weight is 374 g/mol. The Hall–Kier alpha value is -0.220. The molecule has 0 aliphatic rings. The van der Waals surface area contributed by atoms with Crippen molar-refractivity contribution in [3.8, 4) is 0 Å². The lowest BCUT2D eigenvalue weighted by Gasteiger charge is -2.07. The number of hydrogen-bond donors (Lipinski definition) is 1. The van der Waals surface area contributed by atoms with Gasteiger partial charge in [0, 0.05) is 0 Å². The lowest BCUT2D eigenvalue weighted by molar-refractivity contribution is 0.300. The van der Waals surface area contributed by atoms with Gasteiger partial charge in [0.05, 0.1) is 24.7 Å². The Balaban J connectivity index is 3.50. The zero-order valence-corrected chi connectivity index (χ0v) is 15.9. The third-order valence-electron chi connectivity index (χ3n) is 3.02. The summed E-state index contributed by atoms with van der Waals surface area (Å²) in [6.07, 6.45) is 4.03. The van der Waals surface area contributed by atoms with Gasteiger partial charge in [0.15, 0.2) is 0 Å². The molecule has 0 aromatic carbocycles. The van der Waals surface area contributed by atoms with Crippen LogP contribution in [-0.4, -0.2) is 54.6 Å². The zero-order chi connectivity index (χ0) is 17.6. The van der Waals surface area contributed by atoms with Crippen molar-refractivity contribution < 1.29 is 25.2 Å². The van der Waals surface area contributed by atoms with Crippen molar-refractivity contribution >= 4 is 20.2 Å². The molecule has 0 saturated carbocycles. The van der Waals surface area contributed by atoms with E-state index in [1.165, 1.54) is 0 Å². The first-order valence-corrected chi connectivity index (χ1v) is 11.4. The smallest absolute Gasteiger partial charge is 0.267 e. The normalized spacial score (nSPS) is 12.6. The van der Waals surface area contributed by atoms with Crippen molar-refractivity contribution in [1.29, 1.82) is 0 Å². The van der Waals surface area contributed by atoms with Crippen LogP contribution < -0.4 is 5.32 Å². The zero-order valence-electron chi connectivity index (χ0n) is 14.3. The molecule has 0 amide bonds. The summed E-state index contributed by atoms with van der Waals surface area (Å²) in [6, 6.07) is 0. The molecule has 0 rings (SSSR count). The maximum atomic E-state index is 11.4. The van der Waals surface area contributed by atoms with E-state index >= 15 is 0 Å². The van der Waals surface area contributed by atoms with Crippen molar-refractivity contribution in [3.05, 3.63) is 0 Å². The third kappa shape index (κ3) is 15.1. The molecule has 23 heavy (non-hydrogen) atoms. The molecule has 0 aliphatic heterocycles. The topological polar surface area (TPSA) is 98.8 Å².